The van der Waals surface area contributed by atoms with E-state index in [4.69, 9.17) is 0 Å². The summed E-state index contributed by atoms with van der Waals surface area (Å²) in [7, 11) is 0. The lowest BCUT2D eigenvalue weighted by molar-refractivity contribution is 1.31. The highest BCUT2D eigenvalue weighted by molar-refractivity contribution is 5.64. The summed E-state index contributed by atoms with van der Waals surface area (Å²) in [5.74, 6) is 0. The van der Waals surface area contributed by atoms with Crippen LogP contribution in [0.2, 0.25) is 0 Å². The van der Waals surface area contributed by atoms with E-state index in [1.54, 1.807) is 0 Å². The first kappa shape index (κ1) is 12.4. The van der Waals surface area contributed by atoms with Crippen LogP contribution in [0.15, 0.2) is 54.2 Å². The van der Waals surface area contributed by atoms with Crippen molar-refractivity contribution in [1.29, 1.82) is 0 Å². The van der Waals surface area contributed by atoms with Crippen LogP contribution in [0.3, 0.4) is 0 Å². The molecule has 1 N–H and O–H groups in total. The average molecular weight is 237 g/mol. The Labute approximate surface area is 109 Å². The highest BCUT2D eigenvalue weighted by Gasteiger charge is 2.01. The summed E-state index contributed by atoms with van der Waals surface area (Å²) < 4.78 is 0. The Morgan fingerprint density at radius 3 is 2.11 bits per heavy atom. The normalized spacial score (nSPS) is 11.4. The van der Waals surface area contributed by atoms with Crippen LogP contribution in [0.25, 0.3) is 6.08 Å². The van der Waals surface area contributed by atoms with E-state index in [0.717, 1.165) is 5.70 Å². The topological polar surface area (TPSA) is 12.0 Å². The maximum atomic E-state index is 3.49. The Morgan fingerprint density at radius 2 is 1.50 bits per heavy atom. The first-order valence-corrected chi connectivity index (χ1v) is 6.23. The van der Waals surface area contributed by atoms with Gasteiger partial charge in [0, 0.05) is 11.4 Å². The van der Waals surface area contributed by atoms with Crippen molar-refractivity contribution in [3.63, 3.8) is 0 Å². The van der Waals surface area contributed by atoms with Crippen molar-refractivity contribution in [2.75, 3.05) is 5.32 Å². The average Bonchev–Trinajstić information content (AvgIpc) is 2.35. The molecule has 1 nitrogen and oxygen atoms in total. The van der Waals surface area contributed by atoms with Gasteiger partial charge in [0.15, 0.2) is 0 Å². The molecule has 0 spiro atoms. The molecule has 0 amide bonds. The Balaban J connectivity index is 2.22. The van der Waals surface area contributed by atoms with Gasteiger partial charge >= 0.3 is 0 Å². The van der Waals surface area contributed by atoms with Gasteiger partial charge in [0.25, 0.3) is 0 Å². The number of aryl methyl sites for hydroxylation is 2. The molecule has 0 bridgehead atoms. The van der Waals surface area contributed by atoms with E-state index >= 15 is 0 Å². The highest BCUT2D eigenvalue weighted by atomic mass is 14.9. The van der Waals surface area contributed by atoms with Gasteiger partial charge in [-0.2, -0.15) is 0 Å². The van der Waals surface area contributed by atoms with Gasteiger partial charge in [0.2, 0.25) is 0 Å². The van der Waals surface area contributed by atoms with Crippen molar-refractivity contribution in [3.8, 4) is 0 Å². The fourth-order valence-corrected chi connectivity index (χ4v) is 2.04. The Kier molecular flexibility index (Phi) is 3.83. The molecule has 0 radical (unpaired) electrons. The third-order valence-corrected chi connectivity index (χ3v) is 2.99. The van der Waals surface area contributed by atoms with Crippen molar-refractivity contribution in [1.82, 2.24) is 0 Å². The first-order valence-electron chi connectivity index (χ1n) is 6.23. The van der Waals surface area contributed by atoms with Crippen molar-refractivity contribution in [3.05, 3.63) is 70.9 Å². The number of anilines is 1. The molecule has 0 saturated heterocycles. The molecular weight excluding hydrogens is 218 g/mol. The van der Waals surface area contributed by atoms with E-state index < -0.39 is 0 Å². The number of allylic oxidation sites excluding steroid dienone is 1. The molecule has 0 heterocycles. The lowest BCUT2D eigenvalue weighted by Gasteiger charge is -2.13. The second-order valence-electron chi connectivity index (χ2n) is 4.63. The van der Waals surface area contributed by atoms with E-state index in [1.165, 1.54) is 22.4 Å². The standard InChI is InChI=1S/C17H19N/c1-13-8-7-9-14(2)17(13)18-15(3)12-16-10-5-4-6-11-16/h4-12,18H,1-3H3. The summed E-state index contributed by atoms with van der Waals surface area (Å²) in [6.07, 6.45) is 2.16. The van der Waals surface area contributed by atoms with E-state index in [0.29, 0.717) is 0 Å². The van der Waals surface area contributed by atoms with E-state index in [1.807, 2.05) is 6.07 Å². The zero-order valence-corrected chi connectivity index (χ0v) is 11.2. The summed E-state index contributed by atoms with van der Waals surface area (Å²) in [5.41, 5.74) is 6.13. The molecule has 2 aromatic rings. The molecule has 0 atom stereocenters. The maximum Gasteiger partial charge on any atom is 0.0441 e. The molecule has 0 saturated carbocycles. The summed E-state index contributed by atoms with van der Waals surface area (Å²) in [6, 6.07) is 16.7. The van der Waals surface area contributed by atoms with Gasteiger partial charge < -0.3 is 5.32 Å². The summed E-state index contributed by atoms with van der Waals surface area (Å²) >= 11 is 0. The molecule has 0 fully saturated rings. The minimum atomic E-state index is 1.15. The summed E-state index contributed by atoms with van der Waals surface area (Å²) in [5, 5.41) is 3.49. The van der Waals surface area contributed by atoms with Crippen LogP contribution in [0.4, 0.5) is 5.69 Å². The number of benzene rings is 2. The highest BCUT2D eigenvalue weighted by Crippen LogP contribution is 2.21. The Bertz CT molecular complexity index is 533. The van der Waals surface area contributed by atoms with Gasteiger partial charge in [-0.15, -0.1) is 0 Å². The maximum absolute atomic E-state index is 3.49. The first-order chi connectivity index (χ1) is 8.66. The van der Waals surface area contributed by atoms with E-state index in [2.05, 4.69) is 74.6 Å². The molecule has 0 aliphatic heterocycles. The van der Waals surface area contributed by atoms with Crippen LogP contribution in [0.5, 0.6) is 0 Å². The predicted molar refractivity (Wildman–Crippen MR) is 79.6 cm³/mol. The van der Waals surface area contributed by atoms with Crippen LogP contribution in [0.1, 0.15) is 23.6 Å². The van der Waals surface area contributed by atoms with Gasteiger partial charge in [-0.1, -0.05) is 48.5 Å². The second kappa shape index (κ2) is 5.54. The van der Waals surface area contributed by atoms with Crippen LogP contribution < -0.4 is 5.32 Å². The number of para-hydroxylation sites is 1. The molecule has 0 aliphatic carbocycles. The van der Waals surface area contributed by atoms with E-state index in [9.17, 15) is 0 Å². The molecule has 2 rings (SSSR count). The molecule has 1 heteroatoms. The van der Waals surface area contributed by atoms with Gasteiger partial charge in [-0.25, -0.2) is 0 Å². The quantitative estimate of drug-likeness (QED) is 0.810. The second-order valence-corrected chi connectivity index (χ2v) is 4.63. The van der Waals surface area contributed by atoms with Crippen molar-refractivity contribution in [2.24, 2.45) is 0 Å². The van der Waals surface area contributed by atoms with E-state index in [-0.39, 0.29) is 0 Å². The number of nitrogens with one attached hydrogen (secondary N) is 1. The molecule has 0 unspecified atom stereocenters. The largest absolute Gasteiger partial charge is 0.359 e. The predicted octanol–water partition coefficient (Wildman–Crippen LogP) is 4.78. The number of rotatable bonds is 3. The summed E-state index contributed by atoms with van der Waals surface area (Å²) in [6.45, 7) is 6.36. The molecule has 2 aromatic carbocycles. The molecule has 0 aliphatic rings. The smallest absolute Gasteiger partial charge is 0.0441 e. The Hall–Kier alpha value is -2.02. The monoisotopic (exact) mass is 237 g/mol. The van der Waals surface area contributed by atoms with Crippen molar-refractivity contribution < 1.29 is 0 Å². The van der Waals surface area contributed by atoms with Crippen LogP contribution >= 0.6 is 0 Å². The third-order valence-electron chi connectivity index (χ3n) is 2.99. The van der Waals surface area contributed by atoms with Crippen molar-refractivity contribution >= 4 is 11.8 Å². The minimum Gasteiger partial charge on any atom is -0.359 e. The molecular formula is C17H19N. The lowest BCUT2D eigenvalue weighted by atomic mass is 10.1. The molecule has 92 valence electrons. The van der Waals surface area contributed by atoms with Gasteiger partial charge in [0.1, 0.15) is 0 Å². The van der Waals surface area contributed by atoms with Gasteiger partial charge in [0.05, 0.1) is 0 Å². The van der Waals surface area contributed by atoms with Crippen LogP contribution in [-0.2, 0) is 0 Å². The molecule has 18 heavy (non-hydrogen) atoms. The van der Waals surface area contributed by atoms with Gasteiger partial charge in [-0.3, -0.25) is 0 Å². The zero-order chi connectivity index (χ0) is 13.0. The fraction of sp³-hybridized carbons (Fsp3) is 0.176. The van der Waals surface area contributed by atoms with Crippen LogP contribution in [0, 0.1) is 13.8 Å². The lowest BCUT2D eigenvalue weighted by Crippen LogP contribution is -1.99. The Morgan fingerprint density at radius 1 is 0.889 bits per heavy atom. The fourth-order valence-electron chi connectivity index (χ4n) is 2.04. The number of hydrogen-bond acceptors (Lipinski definition) is 1. The van der Waals surface area contributed by atoms with Crippen molar-refractivity contribution in [2.45, 2.75) is 20.8 Å². The SMILES string of the molecule is CC(=Cc1ccccc1)Nc1c(C)cccc1C. The zero-order valence-electron chi connectivity index (χ0n) is 11.2. The van der Waals surface area contributed by atoms with Crippen LogP contribution in [-0.4, -0.2) is 0 Å². The number of hydrogen-bond donors (Lipinski definition) is 1. The third kappa shape index (κ3) is 3.01. The summed E-state index contributed by atoms with van der Waals surface area (Å²) in [4.78, 5) is 0. The van der Waals surface area contributed by atoms with Gasteiger partial charge in [-0.05, 0) is 43.5 Å². The molecule has 0 aromatic heterocycles. The minimum absolute atomic E-state index is 1.15.